The highest BCUT2D eigenvalue weighted by molar-refractivity contribution is 7.80. The lowest BCUT2D eigenvalue weighted by Crippen LogP contribution is -2.34. The van der Waals surface area contributed by atoms with E-state index >= 15 is 0 Å². The molecule has 150 valence electrons. The number of benzene rings is 3. The molecular formula is C22H16ClN3O2S2. The molecule has 30 heavy (non-hydrogen) atoms. The highest BCUT2D eigenvalue weighted by atomic mass is 35.5. The van der Waals surface area contributed by atoms with Gasteiger partial charge in [0.25, 0.3) is 5.91 Å². The Labute approximate surface area is 187 Å². The van der Waals surface area contributed by atoms with Gasteiger partial charge < -0.3 is 10.1 Å². The molecule has 0 fully saturated rings. The van der Waals surface area contributed by atoms with Crippen molar-refractivity contribution in [2.45, 2.75) is 0 Å². The fraction of sp³-hybridized carbons (Fsp3) is 0.0455. The third-order valence-electron chi connectivity index (χ3n) is 4.33. The number of para-hydroxylation sites is 1. The van der Waals surface area contributed by atoms with E-state index in [-0.39, 0.29) is 11.0 Å². The molecule has 0 aliphatic carbocycles. The maximum absolute atomic E-state index is 12.5. The molecule has 5 nitrogen and oxygen atoms in total. The van der Waals surface area contributed by atoms with Crippen LogP contribution in [0.4, 0.5) is 5.69 Å². The van der Waals surface area contributed by atoms with E-state index in [4.69, 9.17) is 33.5 Å². The van der Waals surface area contributed by atoms with Gasteiger partial charge in [-0.2, -0.15) is 0 Å². The van der Waals surface area contributed by atoms with Crippen molar-refractivity contribution < 1.29 is 9.53 Å². The van der Waals surface area contributed by atoms with Gasteiger partial charge in [-0.3, -0.25) is 10.1 Å². The van der Waals surface area contributed by atoms with Crippen LogP contribution < -0.4 is 15.4 Å². The summed E-state index contributed by atoms with van der Waals surface area (Å²) in [4.78, 5) is 17.2. The van der Waals surface area contributed by atoms with Crippen LogP contribution in [0.5, 0.6) is 5.75 Å². The van der Waals surface area contributed by atoms with Gasteiger partial charge in [0.2, 0.25) is 0 Å². The molecular weight excluding hydrogens is 438 g/mol. The largest absolute Gasteiger partial charge is 0.497 e. The maximum atomic E-state index is 12.5. The van der Waals surface area contributed by atoms with Crippen LogP contribution in [-0.4, -0.2) is 23.1 Å². The Morgan fingerprint density at radius 3 is 2.60 bits per heavy atom. The monoisotopic (exact) mass is 453 g/mol. The Hall–Kier alpha value is -3.00. The number of ether oxygens (including phenoxy) is 1. The summed E-state index contributed by atoms with van der Waals surface area (Å²) in [6.07, 6.45) is 0. The SMILES string of the molecule is COc1ccc(C(=O)NC(=S)Nc2ccc(Cl)cc2-c2nc3ccccc3s2)cc1. The van der Waals surface area contributed by atoms with E-state index in [2.05, 4.69) is 10.6 Å². The number of rotatable bonds is 4. The summed E-state index contributed by atoms with van der Waals surface area (Å²) in [6, 6.07) is 20.1. The van der Waals surface area contributed by atoms with E-state index in [1.54, 1.807) is 48.8 Å². The second-order valence-corrected chi connectivity index (χ2v) is 8.19. The first-order valence-corrected chi connectivity index (χ1v) is 10.6. The average Bonchev–Trinajstić information content (AvgIpc) is 3.19. The van der Waals surface area contributed by atoms with E-state index in [0.29, 0.717) is 22.0 Å². The minimum atomic E-state index is -0.314. The van der Waals surface area contributed by atoms with Crippen molar-refractivity contribution in [2.24, 2.45) is 0 Å². The van der Waals surface area contributed by atoms with Crippen molar-refractivity contribution in [1.82, 2.24) is 10.3 Å². The summed E-state index contributed by atoms with van der Waals surface area (Å²) in [5, 5.41) is 7.36. The molecule has 0 aliphatic rings. The summed E-state index contributed by atoms with van der Waals surface area (Å²) in [5.74, 6) is 0.361. The van der Waals surface area contributed by atoms with Crippen molar-refractivity contribution in [3.05, 3.63) is 77.3 Å². The van der Waals surface area contributed by atoms with Gasteiger partial charge in [0.1, 0.15) is 10.8 Å². The quantitative estimate of drug-likeness (QED) is 0.385. The van der Waals surface area contributed by atoms with Gasteiger partial charge in [-0.15, -0.1) is 11.3 Å². The normalized spacial score (nSPS) is 10.6. The number of thiazole rings is 1. The van der Waals surface area contributed by atoms with Crippen LogP contribution in [0, 0.1) is 0 Å². The Morgan fingerprint density at radius 1 is 1.10 bits per heavy atom. The van der Waals surface area contributed by atoms with Gasteiger partial charge in [-0.05, 0) is 66.8 Å². The third-order valence-corrected chi connectivity index (χ3v) is 5.84. The molecule has 1 aromatic heterocycles. The molecule has 4 aromatic rings. The van der Waals surface area contributed by atoms with Crippen LogP contribution in [0.15, 0.2) is 66.7 Å². The van der Waals surface area contributed by atoms with Crippen molar-refractivity contribution >= 4 is 62.1 Å². The standard InChI is InChI=1S/C22H16ClN3O2S2/c1-28-15-9-6-13(7-10-15)20(27)26-22(29)25-17-11-8-14(23)12-16(17)21-24-18-4-2-3-5-19(18)30-21/h2-12H,1H3,(H2,25,26,27,29). The van der Waals surface area contributed by atoms with Gasteiger partial charge in [-0.1, -0.05) is 23.7 Å². The Balaban J connectivity index is 1.55. The topological polar surface area (TPSA) is 63.2 Å². The van der Waals surface area contributed by atoms with Crippen LogP contribution in [0.25, 0.3) is 20.8 Å². The first-order chi connectivity index (χ1) is 14.5. The molecule has 2 N–H and O–H groups in total. The molecule has 0 radical (unpaired) electrons. The number of amides is 1. The van der Waals surface area contributed by atoms with E-state index < -0.39 is 0 Å². The number of halogens is 1. The molecule has 0 spiro atoms. The van der Waals surface area contributed by atoms with Crippen molar-refractivity contribution in [2.75, 3.05) is 12.4 Å². The summed E-state index contributed by atoms with van der Waals surface area (Å²) in [6.45, 7) is 0. The molecule has 0 aliphatic heterocycles. The molecule has 8 heteroatoms. The van der Waals surface area contributed by atoms with Crippen LogP contribution >= 0.6 is 35.2 Å². The predicted molar refractivity (Wildman–Crippen MR) is 127 cm³/mol. The van der Waals surface area contributed by atoms with Crippen LogP contribution in [0.3, 0.4) is 0 Å². The molecule has 0 saturated carbocycles. The molecule has 1 heterocycles. The third kappa shape index (κ3) is 4.43. The molecule has 3 aromatic carbocycles. The summed E-state index contributed by atoms with van der Waals surface area (Å²) < 4.78 is 6.19. The van der Waals surface area contributed by atoms with Gasteiger partial charge >= 0.3 is 0 Å². The van der Waals surface area contributed by atoms with Gasteiger partial charge in [0, 0.05) is 16.1 Å². The Kier molecular flexibility index (Phi) is 5.94. The van der Waals surface area contributed by atoms with Gasteiger partial charge in [-0.25, -0.2) is 4.98 Å². The number of anilines is 1. The smallest absolute Gasteiger partial charge is 0.257 e. The predicted octanol–water partition coefficient (Wildman–Crippen LogP) is 5.75. The lowest BCUT2D eigenvalue weighted by atomic mass is 10.2. The first-order valence-electron chi connectivity index (χ1n) is 8.95. The van der Waals surface area contributed by atoms with Crippen molar-refractivity contribution in [3.8, 4) is 16.3 Å². The minimum Gasteiger partial charge on any atom is -0.497 e. The van der Waals surface area contributed by atoms with E-state index in [1.807, 2.05) is 36.4 Å². The van der Waals surface area contributed by atoms with Crippen molar-refractivity contribution in [3.63, 3.8) is 0 Å². The highest BCUT2D eigenvalue weighted by Gasteiger charge is 2.14. The molecule has 0 unspecified atom stereocenters. The number of carbonyl (C=O) groups is 1. The number of thiocarbonyl (C=S) groups is 1. The summed E-state index contributed by atoms with van der Waals surface area (Å²) >= 11 is 13.1. The van der Waals surface area contributed by atoms with Crippen molar-refractivity contribution in [1.29, 1.82) is 0 Å². The van der Waals surface area contributed by atoms with E-state index in [1.165, 1.54) is 0 Å². The second-order valence-electron chi connectivity index (χ2n) is 6.31. The molecule has 0 saturated heterocycles. The number of hydrogen-bond acceptors (Lipinski definition) is 5. The number of hydrogen-bond donors (Lipinski definition) is 2. The summed E-state index contributed by atoms with van der Waals surface area (Å²) in [7, 11) is 1.57. The second kappa shape index (κ2) is 8.79. The lowest BCUT2D eigenvalue weighted by molar-refractivity contribution is 0.0977. The van der Waals surface area contributed by atoms with E-state index in [0.717, 1.165) is 20.8 Å². The van der Waals surface area contributed by atoms with Gasteiger partial charge in [0.05, 0.1) is 23.0 Å². The fourth-order valence-corrected chi connectivity index (χ4v) is 4.23. The van der Waals surface area contributed by atoms with Gasteiger partial charge in [0.15, 0.2) is 5.11 Å². The fourth-order valence-electron chi connectivity index (χ4n) is 2.86. The molecule has 0 atom stereocenters. The van der Waals surface area contributed by atoms with Crippen LogP contribution in [-0.2, 0) is 0 Å². The van der Waals surface area contributed by atoms with E-state index in [9.17, 15) is 4.79 Å². The molecule has 0 bridgehead atoms. The minimum absolute atomic E-state index is 0.181. The zero-order valence-corrected chi connectivity index (χ0v) is 18.2. The molecule has 1 amide bonds. The molecule has 4 rings (SSSR count). The zero-order chi connectivity index (χ0) is 21.1. The first kappa shape index (κ1) is 20.3. The average molecular weight is 454 g/mol. The Bertz CT molecular complexity index is 1210. The number of nitrogens with one attached hydrogen (secondary N) is 2. The Morgan fingerprint density at radius 2 is 1.87 bits per heavy atom. The van der Waals surface area contributed by atoms with Crippen LogP contribution in [0.1, 0.15) is 10.4 Å². The zero-order valence-electron chi connectivity index (χ0n) is 15.8. The number of aromatic nitrogens is 1. The number of methoxy groups -OCH3 is 1. The van der Waals surface area contributed by atoms with Crippen LogP contribution in [0.2, 0.25) is 5.02 Å². The maximum Gasteiger partial charge on any atom is 0.257 e. The summed E-state index contributed by atoms with van der Waals surface area (Å²) in [5.41, 5.74) is 2.91. The number of carbonyl (C=O) groups excluding carboxylic acids is 1. The lowest BCUT2D eigenvalue weighted by Gasteiger charge is -2.13. The highest BCUT2D eigenvalue weighted by Crippen LogP contribution is 2.36. The number of fused-ring (bicyclic) bond motifs is 1. The number of nitrogens with zero attached hydrogens (tertiary/aromatic N) is 1.